The van der Waals surface area contributed by atoms with Gasteiger partial charge >= 0.3 is 0 Å². The van der Waals surface area contributed by atoms with E-state index in [1.807, 2.05) is 57.5 Å². The summed E-state index contributed by atoms with van der Waals surface area (Å²) in [4.78, 5) is 46.6. The van der Waals surface area contributed by atoms with Gasteiger partial charge in [0.1, 0.15) is 34.7 Å². The minimum absolute atomic E-state index is 0.0948. The smallest absolute Gasteiger partial charge is 0.243 e. The molecule has 2 amide bonds. The van der Waals surface area contributed by atoms with E-state index in [1.165, 1.54) is 5.69 Å². The lowest BCUT2D eigenvalue weighted by Gasteiger charge is -2.32. The molecule has 0 radical (unpaired) electrons. The van der Waals surface area contributed by atoms with Crippen LogP contribution in [-0.4, -0.2) is 82.4 Å². The van der Waals surface area contributed by atoms with Gasteiger partial charge < -0.3 is 29.3 Å². The molecule has 2 aliphatic heterocycles. The van der Waals surface area contributed by atoms with Crippen molar-refractivity contribution in [3.8, 4) is 21.7 Å². The average Bonchev–Trinajstić information content (AvgIpc) is 4.13. The maximum atomic E-state index is 14.2. The van der Waals surface area contributed by atoms with Gasteiger partial charge in [-0.3, -0.25) is 9.59 Å². The summed E-state index contributed by atoms with van der Waals surface area (Å²) in [7, 11) is 0. The van der Waals surface area contributed by atoms with Gasteiger partial charge in [-0.25, -0.2) is 15.0 Å². The van der Waals surface area contributed by atoms with E-state index in [0.717, 1.165) is 71.6 Å². The fraction of sp³-hybridized carbons (Fsp3) is 0.404. The molecule has 6 aromatic rings. The fourth-order valence-corrected chi connectivity index (χ4v) is 9.73. The van der Waals surface area contributed by atoms with Crippen molar-refractivity contribution in [2.24, 2.45) is 5.92 Å². The van der Waals surface area contributed by atoms with Gasteiger partial charge in [0, 0.05) is 73.9 Å². The van der Waals surface area contributed by atoms with Crippen molar-refractivity contribution >= 4 is 45.7 Å². The summed E-state index contributed by atoms with van der Waals surface area (Å²) in [5.74, 6) is 0.646. The summed E-state index contributed by atoms with van der Waals surface area (Å²) in [6, 6.07) is 13.6. The number of amides is 2. The number of fused-ring (bicyclic) bond motifs is 1. The number of aromatic nitrogens is 7. The summed E-state index contributed by atoms with van der Waals surface area (Å²) in [6.07, 6.45) is 10.3. The number of hydrogen-bond acceptors (Lipinski definition) is 12. The lowest BCUT2D eigenvalue weighted by atomic mass is 9.91. The second-order valence-corrected chi connectivity index (χ2v) is 17.3. The third kappa shape index (κ3) is 8.50. The summed E-state index contributed by atoms with van der Waals surface area (Å²) in [5.41, 5.74) is 10.6. The molecule has 5 aromatic heterocycles. The quantitative estimate of drug-likeness (QED) is 0.0843. The third-order valence-corrected chi connectivity index (χ3v) is 13.3. The Labute approximate surface area is 365 Å². The Hall–Kier alpha value is -6.22. The standard InChI is InChI=1S/C47H54N10O4S/c1-7-34(41(58)8-2)36-21-40-37(53-52-36)22-39(56(40)9-3)31-16-19-55(20-17-31)47-49-25-33(26-50-47)35-23-42(61-54-35)43(28(4)5)46(60)57-18-10-11-38(57)45(59)48-24-30-12-14-32(15-13-30)44-29(6)51-27-62-44/h7-8,12-15,21-23,25-28,31,38,43,58H,9-11,16-20,24H2,1-6H3,(H,48,59)/b34-7-,41-8+. The number of carbonyl (C=O) groups is 2. The molecule has 2 aliphatic rings. The van der Waals surface area contributed by atoms with Crippen LogP contribution in [0, 0.1) is 12.8 Å². The number of benzene rings is 1. The summed E-state index contributed by atoms with van der Waals surface area (Å²) >= 11 is 1.61. The second-order valence-electron chi connectivity index (χ2n) is 16.4. The zero-order chi connectivity index (χ0) is 43.5. The van der Waals surface area contributed by atoms with E-state index in [0.29, 0.717) is 59.7 Å². The van der Waals surface area contributed by atoms with E-state index in [9.17, 15) is 14.7 Å². The van der Waals surface area contributed by atoms with Gasteiger partial charge in [-0.05, 0) is 88.6 Å². The number of aryl methyl sites for hydroxylation is 2. The number of nitrogens with zero attached hydrogens (tertiary/aromatic N) is 9. The molecule has 15 heteroatoms. The Morgan fingerprint density at radius 1 is 0.968 bits per heavy atom. The molecule has 2 unspecified atom stereocenters. The Balaban J connectivity index is 0.887. The summed E-state index contributed by atoms with van der Waals surface area (Å²) < 4.78 is 8.17. The normalized spacial score (nSPS) is 17.0. The van der Waals surface area contributed by atoms with E-state index in [-0.39, 0.29) is 23.5 Å². The first kappa shape index (κ1) is 42.5. The Morgan fingerprint density at radius 3 is 2.39 bits per heavy atom. The molecule has 0 spiro atoms. The van der Waals surface area contributed by atoms with E-state index < -0.39 is 12.0 Å². The predicted octanol–water partition coefficient (Wildman–Crippen LogP) is 8.62. The van der Waals surface area contributed by atoms with Gasteiger partial charge in [-0.1, -0.05) is 49.3 Å². The van der Waals surface area contributed by atoms with Gasteiger partial charge in [-0.2, -0.15) is 0 Å². The van der Waals surface area contributed by atoms with Gasteiger partial charge in [0.15, 0.2) is 0 Å². The first-order valence-corrected chi connectivity index (χ1v) is 22.5. The molecule has 2 saturated heterocycles. The SMILES string of the molecule is C/C=C(\C(O)=C/C)c1cc2c(cc(C3CCN(c4ncc(-c5cc(C(C(=O)N6CCCC6C(=O)NCc6ccc(-c7scnc7C)cc6)C(C)C)on5)cn4)CC3)n2CC)nn1. The minimum Gasteiger partial charge on any atom is -0.508 e. The zero-order valence-corrected chi connectivity index (χ0v) is 37.0. The monoisotopic (exact) mass is 854 g/mol. The van der Waals surface area contributed by atoms with Crippen LogP contribution in [0.5, 0.6) is 0 Å². The van der Waals surface area contributed by atoms with Crippen molar-refractivity contribution in [3.05, 3.63) is 107 Å². The molecular weight excluding hydrogens is 801 g/mol. The molecule has 2 N–H and O–H groups in total. The zero-order valence-electron chi connectivity index (χ0n) is 36.2. The fourth-order valence-electron chi connectivity index (χ4n) is 8.91. The number of thiazole rings is 1. The molecule has 8 rings (SSSR count). The van der Waals surface area contributed by atoms with E-state index in [2.05, 4.69) is 60.2 Å². The lowest BCUT2D eigenvalue weighted by molar-refractivity contribution is -0.140. The van der Waals surface area contributed by atoms with Crippen LogP contribution < -0.4 is 10.2 Å². The van der Waals surface area contributed by atoms with Gasteiger partial charge in [0.2, 0.25) is 17.8 Å². The highest BCUT2D eigenvalue weighted by molar-refractivity contribution is 7.13. The molecular formula is C47H54N10O4S. The number of nitrogens with one attached hydrogen (secondary N) is 1. The highest BCUT2D eigenvalue weighted by atomic mass is 32.1. The van der Waals surface area contributed by atoms with Crippen LogP contribution in [0.2, 0.25) is 0 Å². The lowest BCUT2D eigenvalue weighted by Crippen LogP contribution is -2.47. The Morgan fingerprint density at radius 2 is 1.73 bits per heavy atom. The van der Waals surface area contributed by atoms with Crippen molar-refractivity contribution < 1.29 is 19.2 Å². The van der Waals surface area contributed by atoms with Crippen molar-refractivity contribution in [1.82, 2.24) is 45.1 Å². The molecule has 1 aromatic carbocycles. The van der Waals surface area contributed by atoms with Crippen LogP contribution in [0.1, 0.15) is 101 Å². The van der Waals surface area contributed by atoms with Gasteiger partial charge in [0.05, 0.1) is 27.3 Å². The van der Waals surface area contributed by atoms with Crippen molar-refractivity contribution in [2.45, 2.75) is 98.2 Å². The number of hydrogen-bond donors (Lipinski definition) is 2. The van der Waals surface area contributed by atoms with Crippen LogP contribution in [0.3, 0.4) is 0 Å². The van der Waals surface area contributed by atoms with Crippen LogP contribution >= 0.6 is 11.3 Å². The molecule has 14 nitrogen and oxygen atoms in total. The second kappa shape index (κ2) is 18.4. The highest BCUT2D eigenvalue weighted by Crippen LogP contribution is 2.36. The number of aliphatic hydroxyl groups is 1. The summed E-state index contributed by atoms with van der Waals surface area (Å²) in [5, 5.41) is 26.8. The maximum absolute atomic E-state index is 14.2. The molecule has 0 bridgehead atoms. The highest BCUT2D eigenvalue weighted by Gasteiger charge is 2.40. The molecule has 2 atom stereocenters. The summed E-state index contributed by atoms with van der Waals surface area (Å²) in [6.45, 7) is 15.1. The predicted molar refractivity (Wildman–Crippen MR) is 241 cm³/mol. The topological polar surface area (TPSA) is 168 Å². The average molecular weight is 855 g/mol. The number of likely N-dealkylation sites (tertiary alicyclic amines) is 1. The molecule has 0 saturated carbocycles. The van der Waals surface area contributed by atoms with Gasteiger partial charge in [-0.15, -0.1) is 21.5 Å². The van der Waals surface area contributed by atoms with E-state index in [1.54, 1.807) is 47.7 Å². The minimum atomic E-state index is -0.605. The molecule has 322 valence electrons. The van der Waals surface area contributed by atoms with Crippen LogP contribution in [0.4, 0.5) is 5.95 Å². The van der Waals surface area contributed by atoms with Crippen molar-refractivity contribution in [1.29, 1.82) is 0 Å². The number of carbonyl (C=O) groups excluding carboxylic acids is 2. The molecule has 7 heterocycles. The van der Waals surface area contributed by atoms with E-state index in [4.69, 9.17) is 14.5 Å². The largest absolute Gasteiger partial charge is 0.508 e. The van der Waals surface area contributed by atoms with Crippen LogP contribution in [0.15, 0.2) is 82.8 Å². The molecule has 62 heavy (non-hydrogen) atoms. The molecule has 0 aliphatic carbocycles. The first-order chi connectivity index (χ1) is 30.1. The maximum Gasteiger partial charge on any atom is 0.243 e. The number of allylic oxidation sites excluding steroid dienone is 3. The van der Waals surface area contributed by atoms with Crippen LogP contribution in [0.25, 0.3) is 38.3 Å². The molecule has 2 fully saturated rings. The number of rotatable bonds is 13. The Kier molecular flexibility index (Phi) is 12.6. The Bertz CT molecular complexity index is 2600. The van der Waals surface area contributed by atoms with Gasteiger partial charge in [0.25, 0.3) is 0 Å². The number of piperidine rings is 1. The number of aliphatic hydroxyl groups excluding tert-OH is 1. The number of anilines is 1. The van der Waals surface area contributed by atoms with Crippen molar-refractivity contribution in [3.63, 3.8) is 0 Å². The van der Waals surface area contributed by atoms with Crippen molar-refractivity contribution in [2.75, 3.05) is 24.5 Å². The third-order valence-electron chi connectivity index (χ3n) is 12.3. The van der Waals surface area contributed by atoms with E-state index >= 15 is 0 Å². The first-order valence-electron chi connectivity index (χ1n) is 21.6. The van der Waals surface area contributed by atoms with Crippen LogP contribution in [-0.2, 0) is 22.7 Å².